The van der Waals surface area contributed by atoms with Gasteiger partial charge in [-0.25, -0.2) is 0 Å². The van der Waals surface area contributed by atoms with E-state index in [-0.39, 0.29) is 0 Å². The van der Waals surface area contributed by atoms with Gasteiger partial charge < -0.3 is 5.32 Å². The molecule has 0 radical (unpaired) electrons. The van der Waals surface area contributed by atoms with Crippen molar-refractivity contribution in [3.8, 4) is 0 Å². The normalized spacial score (nSPS) is 14.3. The highest BCUT2D eigenvalue weighted by atomic mass is 14.9. The lowest BCUT2D eigenvalue weighted by atomic mass is 9.91. The minimum atomic E-state index is 1.04. The van der Waals surface area contributed by atoms with E-state index in [0.29, 0.717) is 0 Å². The van der Waals surface area contributed by atoms with Gasteiger partial charge >= 0.3 is 0 Å². The highest BCUT2D eigenvalue weighted by Gasteiger charge is 2.18. The first-order valence-electron chi connectivity index (χ1n) is 8.02. The summed E-state index contributed by atoms with van der Waals surface area (Å²) in [4.78, 5) is 5.02. The molecular weight excluding hydrogens is 244 g/mol. The summed E-state index contributed by atoms with van der Waals surface area (Å²) in [5.41, 5.74) is 6.76. The van der Waals surface area contributed by atoms with Crippen molar-refractivity contribution in [2.45, 2.75) is 52.4 Å². The lowest BCUT2D eigenvalue weighted by Crippen LogP contribution is -2.12. The van der Waals surface area contributed by atoms with Gasteiger partial charge in [0.1, 0.15) is 0 Å². The highest BCUT2D eigenvalue weighted by Crippen LogP contribution is 2.34. The lowest BCUT2D eigenvalue weighted by Gasteiger charge is -2.22. The number of anilines is 1. The van der Waals surface area contributed by atoms with Crippen molar-refractivity contribution in [1.82, 2.24) is 4.98 Å². The topological polar surface area (TPSA) is 24.9 Å². The predicted octanol–water partition coefficient (Wildman–Crippen LogP) is 4.50. The van der Waals surface area contributed by atoms with Crippen LogP contribution < -0.4 is 5.32 Å². The van der Waals surface area contributed by atoms with E-state index in [1.807, 2.05) is 0 Å². The number of pyridine rings is 1. The third-order valence-corrected chi connectivity index (χ3v) is 4.31. The molecular formula is C18H24N2. The molecule has 0 unspecified atom stereocenters. The van der Waals surface area contributed by atoms with Crippen molar-refractivity contribution in [2.75, 3.05) is 11.9 Å². The average molecular weight is 268 g/mol. The van der Waals surface area contributed by atoms with Gasteiger partial charge in [0.05, 0.1) is 5.52 Å². The molecule has 0 spiro atoms. The summed E-state index contributed by atoms with van der Waals surface area (Å²) in [7, 11) is 0. The second kappa shape index (κ2) is 5.82. The number of nitrogens with one attached hydrogen (secondary N) is 1. The largest absolute Gasteiger partial charge is 0.384 e. The fraction of sp³-hybridized carbons (Fsp3) is 0.500. The number of aryl methyl sites for hydroxylation is 2. The van der Waals surface area contributed by atoms with Gasteiger partial charge in [-0.2, -0.15) is 0 Å². The molecule has 2 aromatic rings. The van der Waals surface area contributed by atoms with Crippen molar-refractivity contribution < 1.29 is 0 Å². The van der Waals surface area contributed by atoms with E-state index in [4.69, 9.17) is 4.98 Å². The molecule has 2 nitrogen and oxygen atoms in total. The third-order valence-electron chi connectivity index (χ3n) is 4.31. The molecule has 0 amide bonds. The molecule has 106 valence electrons. The van der Waals surface area contributed by atoms with Crippen LogP contribution in [-0.4, -0.2) is 11.5 Å². The minimum Gasteiger partial charge on any atom is -0.384 e. The molecule has 0 aliphatic heterocycles. The number of aromatic nitrogens is 1. The number of rotatable bonds is 4. The zero-order chi connectivity index (χ0) is 13.9. The van der Waals surface area contributed by atoms with Crippen molar-refractivity contribution in [3.05, 3.63) is 35.0 Å². The smallest absolute Gasteiger partial charge is 0.0758 e. The zero-order valence-electron chi connectivity index (χ0n) is 12.6. The van der Waals surface area contributed by atoms with E-state index >= 15 is 0 Å². The van der Waals surface area contributed by atoms with E-state index in [1.54, 1.807) is 0 Å². The van der Waals surface area contributed by atoms with Crippen LogP contribution in [0.3, 0.4) is 0 Å². The van der Waals surface area contributed by atoms with Gasteiger partial charge in [-0.15, -0.1) is 0 Å². The number of hydrogen-bond acceptors (Lipinski definition) is 2. The van der Waals surface area contributed by atoms with Crippen molar-refractivity contribution in [2.24, 2.45) is 0 Å². The summed E-state index contributed by atoms with van der Waals surface area (Å²) in [5.74, 6) is 0. The van der Waals surface area contributed by atoms with Crippen LogP contribution in [-0.2, 0) is 19.3 Å². The Morgan fingerprint density at radius 3 is 2.80 bits per heavy atom. The Bertz CT molecular complexity index is 616. The lowest BCUT2D eigenvalue weighted by molar-refractivity contribution is 0.671. The molecule has 2 heteroatoms. The maximum Gasteiger partial charge on any atom is 0.0758 e. The van der Waals surface area contributed by atoms with Crippen molar-refractivity contribution in [1.29, 1.82) is 0 Å². The summed E-state index contributed by atoms with van der Waals surface area (Å²) < 4.78 is 0. The van der Waals surface area contributed by atoms with Gasteiger partial charge in [0.25, 0.3) is 0 Å². The van der Waals surface area contributed by atoms with Crippen molar-refractivity contribution >= 4 is 16.6 Å². The van der Waals surface area contributed by atoms with E-state index in [9.17, 15) is 0 Å². The van der Waals surface area contributed by atoms with Crippen LogP contribution in [0.25, 0.3) is 10.9 Å². The van der Waals surface area contributed by atoms with Crippen LogP contribution in [0.4, 0.5) is 5.69 Å². The molecule has 1 N–H and O–H groups in total. The average Bonchev–Trinajstić information content (AvgIpc) is 2.51. The van der Waals surface area contributed by atoms with Gasteiger partial charge in [-0.05, 0) is 49.7 Å². The second-order valence-electron chi connectivity index (χ2n) is 5.71. The first kappa shape index (κ1) is 13.4. The number of hydrogen-bond donors (Lipinski definition) is 1. The van der Waals surface area contributed by atoms with E-state index < -0.39 is 0 Å². The standard InChI is InChI=1S/C18H24N2/c1-3-12-19-18-14-9-5-6-11-16(14)20-17-13(4-2)8-7-10-15(17)18/h7-8,10H,3-6,9,11-12H2,1-2H3,(H,19,20). The number of benzene rings is 1. The summed E-state index contributed by atoms with van der Waals surface area (Å²) in [5, 5.41) is 4.99. The van der Waals surface area contributed by atoms with Crippen LogP contribution in [0.2, 0.25) is 0 Å². The Balaban J connectivity index is 2.24. The maximum atomic E-state index is 5.02. The molecule has 1 heterocycles. The Morgan fingerprint density at radius 1 is 1.15 bits per heavy atom. The Kier molecular flexibility index (Phi) is 3.90. The fourth-order valence-electron chi connectivity index (χ4n) is 3.24. The van der Waals surface area contributed by atoms with E-state index in [1.165, 1.54) is 52.7 Å². The second-order valence-corrected chi connectivity index (χ2v) is 5.71. The van der Waals surface area contributed by atoms with Gasteiger partial charge in [0, 0.05) is 23.3 Å². The molecule has 1 aromatic carbocycles. The summed E-state index contributed by atoms with van der Waals surface area (Å²) in [6.45, 7) is 5.48. The van der Waals surface area contributed by atoms with Crippen molar-refractivity contribution in [3.63, 3.8) is 0 Å². The first-order valence-corrected chi connectivity index (χ1v) is 8.02. The minimum absolute atomic E-state index is 1.04. The SMILES string of the molecule is CCCNc1c2c(nc3c(CC)cccc13)CCCC2. The molecule has 1 aromatic heterocycles. The molecule has 1 aliphatic carbocycles. The van der Waals surface area contributed by atoms with Gasteiger partial charge in [-0.3, -0.25) is 4.98 Å². The fourth-order valence-corrected chi connectivity index (χ4v) is 3.24. The third kappa shape index (κ3) is 2.28. The monoisotopic (exact) mass is 268 g/mol. The molecule has 0 fully saturated rings. The predicted molar refractivity (Wildman–Crippen MR) is 86.5 cm³/mol. The van der Waals surface area contributed by atoms with Crippen LogP contribution in [0.5, 0.6) is 0 Å². The zero-order valence-corrected chi connectivity index (χ0v) is 12.6. The molecule has 1 aliphatic rings. The van der Waals surface area contributed by atoms with Crippen LogP contribution >= 0.6 is 0 Å². The molecule has 20 heavy (non-hydrogen) atoms. The first-order chi connectivity index (χ1) is 9.85. The Hall–Kier alpha value is -1.57. The van der Waals surface area contributed by atoms with E-state index in [0.717, 1.165) is 25.8 Å². The van der Waals surface area contributed by atoms with Gasteiger partial charge in [0.2, 0.25) is 0 Å². The van der Waals surface area contributed by atoms with Gasteiger partial charge in [0.15, 0.2) is 0 Å². The molecule has 0 saturated carbocycles. The molecule has 0 bridgehead atoms. The number of para-hydroxylation sites is 1. The van der Waals surface area contributed by atoms with Crippen LogP contribution in [0.15, 0.2) is 18.2 Å². The molecule has 0 atom stereocenters. The summed E-state index contributed by atoms with van der Waals surface area (Å²) >= 11 is 0. The van der Waals surface area contributed by atoms with Crippen LogP contribution in [0, 0.1) is 0 Å². The Labute approximate surface area is 121 Å². The summed E-state index contributed by atoms with van der Waals surface area (Å²) in [6, 6.07) is 6.62. The van der Waals surface area contributed by atoms with Gasteiger partial charge in [-0.1, -0.05) is 32.0 Å². The quantitative estimate of drug-likeness (QED) is 0.883. The van der Waals surface area contributed by atoms with Crippen LogP contribution in [0.1, 0.15) is 49.9 Å². The Morgan fingerprint density at radius 2 is 2.00 bits per heavy atom. The molecule has 0 saturated heterocycles. The number of fused-ring (bicyclic) bond motifs is 2. The van der Waals surface area contributed by atoms with E-state index in [2.05, 4.69) is 37.4 Å². The molecule has 3 rings (SSSR count). The highest BCUT2D eigenvalue weighted by molar-refractivity contribution is 5.95. The number of nitrogens with zero attached hydrogens (tertiary/aromatic N) is 1. The summed E-state index contributed by atoms with van der Waals surface area (Å²) in [6.07, 6.45) is 7.12. The maximum absolute atomic E-state index is 5.02.